The molecule has 1 aliphatic rings. The van der Waals surface area contributed by atoms with Crippen LogP contribution in [-0.2, 0) is 5.41 Å². The lowest BCUT2D eigenvalue weighted by molar-refractivity contribution is 0.0689. The van der Waals surface area contributed by atoms with Crippen molar-refractivity contribution < 1.29 is 19.1 Å². The molecule has 124 valence electrons. The van der Waals surface area contributed by atoms with Gasteiger partial charge in [-0.2, -0.15) is 0 Å². The summed E-state index contributed by atoms with van der Waals surface area (Å²) in [5.74, 6) is -2.07. The van der Waals surface area contributed by atoms with Gasteiger partial charge in [0.05, 0.1) is 12.4 Å². The monoisotopic (exact) mass is 349 g/mol. The second-order valence-electron chi connectivity index (χ2n) is 5.68. The number of nitrogens with one attached hydrogen (secondary N) is 1. The average Bonchev–Trinajstić information content (AvgIpc) is 3.33. The number of aromatic carboxylic acids is 1. The molecule has 1 aromatic heterocycles. The zero-order valence-corrected chi connectivity index (χ0v) is 13.2. The van der Waals surface area contributed by atoms with Gasteiger partial charge in [-0.05, 0) is 30.5 Å². The fraction of sp³-hybridized carbons (Fsp3) is 0.250. The number of carboxylic acid groups (broad SMARTS) is 1. The van der Waals surface area contributed by atoms with Crippen LogP contribution in [0.2, 0.25) is 5.02 Å². The number of carbonyl (C=O) groups is 2. The Balaban J connectivity index is 1.68. The number of hydrogen-bond acceptors (Lipinski definition) is 4. The van der Waals surface area contributed by atoms with Crippen molar-refractivity contribution in [2.45, 2.75) is 18.3 Å². The van der Waals surface area contributed by atoms with Crippen molar-refractivity contribution in [2.75, 3.05) is 6.54 Å². The maximum absolute atomic E-state index is 13.2. The van der Waals surface area contributed by atoms with E-state index in [0.29, 0.717) is 11.6 Å². The lowest BCUT2D eigenvalue weighted by Gasteiger charge is -2.18. The summed E-state index contributed by atoms with van der Waals surface area (Å²) in [7, 11) is 0. The molecule has 2 aromatic rings. The highest BCUT2D eigenvalue weighted by Gasteiger charge is 2.45. The summed E-state index contributed by atoms with van der Waals surface area (Å²) in [5.41, 5.74) is 0.303. The summed E-state index contributed by atoms with van der Waals surface area (Å²) >= 11 is 6.10. The maximum atomic E-state index is 13.2. The van der Waals surface area contributed by atoms with E-state index in [1.807, 2.05) is 0 Å². The van der Waals surface area contributed by atoms with E-state index in [4.69, 9.17) is 16.7 Å². The van der Waals surface area contributed by atoms with Crippen LogP contribution in [0.25, 0.3) is 0 Å². The Morgan fingerprint density at radius 3 is 2.46 bits per heavy atom. The van der Waals surface area contributed by atoms with Gasteiger partial charge >= 0.3 is 5.97 Å². The van der Waals surface area contributed by atoms with Crippen LogP contribution < -0.4 is 5.32 Å². The second-order valence-corrected chi connectivity index (χ2v) is 6.09. The molecule has 0 aliphatic heterocycles. The number of aromatic nitrogens is 2. The average molecular weight is 350 g/mol. The van der Waals surface area contributed by atoms with Crippen LogP contribution in [0.15, 0.2) is 30.6 Å². The quantitative estimate of drug-likeness (QED) is 0.865. The third kappa shape index (κ3) is 3.21. The predicted molar refractivity (Wildman–Crippen MR) is 83.6 cm³/mol. The summed E-state index contributed by atoms with van der Waals surface area (Å²) in [5, 5.41) is 11.9. The van der Waals surface area contributed by atoms with Gasteiger partial charge in [0.25, 0.3) is 5.91 Å². The second kappa shape index (κ2) is 6.16. The zero-order chi connectivity index (χ0) is 17.3. The van der Waals surface area contributed by atoms with E-state index in [1.54, 1.807) is 6.07 Å². The van der Waals surface area contributed by atoms with E-state index in [1.165, 1.54) is 12.1 Å². The first-order valence-corrected chi connectivity index (χ1v) is 7.58. The molecule has 0 bridgehead atoms. The van der Waals surface area contributed by atoms with Gasteiger partial charge in [-0.1, -0.05) is 17.7 Å². The highest BCUT2D eigenvalue weighted by molar-refractivity contribution is 6.31. The van der Waals surface area contributed by atoms with E-state index in [0.717, 1.165) is 30.8 Å². The Labute approximate surface area is 141 Å². The van der Waals surface area contributed by atoms with Gasteiger partial charge < -0.3 is 10.4 Å². The molecule has 1 heterocycles. The van der Waals surface area contributed by atoms with Crippen molar-refractivity contribution in [1.29, 1.82) is 0 Å². The minimum atomic E-state index is -1.21. The van der Waals surface area contributed by atoms with Gasteiger partial charge in [-0.25, -0.2) is 19.2 Å². The van der Waals surface area contributed by atoms with Crippen LogP contribution >= 0.6 is 11.6 Å². The van der Waals surface area contributed by atoms with Crippen molar-refractivity contribution in [3.05, 3.63) is 58.4 Å². The number of hydrogen-bond donors (Lipinski definition) is 2. The largest absolute Gasteiger partial charge is 0.476 e. The molecule has 0 radical (unpaired) electrons. The Bertz CT molecular complexity index is 807. The standard InChI is InChI=1S/C16H13ClFN3O3/c17-11-5-9(18)1-2-10(11)16(3-4-16)8-21-14(22)12-6-20-13(7-19-12)15(23)24/h1-2,5-7H,3-4,8H2,(H,21,22)(H,23,24). The van der Waals surface area contributed by atoms with Crippen molar-refractivity contribution in [1.82, 2.24) is 15.3 Å². The fourth-order valence-electron chi connectivity index (χ4n) is 2.51. The molecule has 1 fully saturated rings. The predicted octanol–water partition coefficient (Wildman–Crippen LogP) is 2.43. The molecule has 0 unspecified atom stereocenters. The molecule has 24 heavy (non-hydrogen) atoms. The van der Waals surface area contributed by atoms with Crippen molar-refractivity contribution in [3.8, 4) is 0 Å². The molecule has 1 aromatic carbocycles. The molecule has 1 aliphatic carbocycles. The van der Waals surface area contributed by atoms with Crippen molar-refractivity contribution in [3.63, 3.8) is 0 Å². The van der Waals surface area contributed by atoms with Crippen LogP contribution in [0.1, 0.15) is 39.4 Å². The Hall–Kier alpha value is -2.54. The summed E-state index contributed by atoms with van der Waals surface area (Å²) in [6.45, 7) is 0.333. The number of amides is 1. The lowest BCUT2D eigenvalue weighted by Crippen LogP contribution is -2.33. The van der Waals surface area contributed by atoms with E-state index in [9.17, 15) is 14.0 Å². The Morgan fingerprint density at radius 2 is 1.92 bits per heavy atom. The normalized spacial score (nSPS) is 14.9. The van der Waals surface area contributed by atoms with Gasteiger partial charge in [-0.3, -0.25) is 4.79 Å². The van der Waals surface area contributed by atoms with Gasteiger partial charge in [0.2, 0.25) is 0 Å². The minimum absolute atomic E-state index is 0.0287. The van der Waals surface area contributed by atoms with Crippen LogP contribution in [0.5, 0.6) is 0 Å². The third-order valence-corrected chi connectivity index (χ3v) is 4.36. The Kier molecular flexibility index (Phi) is 4.19. The topological polar surface area (TPSA) is 92.2 Å². The van der Waals surface area contributed by atoms with Crippen LogP contribution in [0, 0.1) is 5.82 Å². The molecular formula is C16H13ClFN3O3. The van der Waals surface area contributed by atoms with Gasteiger partial charge in [0, 0.05) is 17.0 Å². The van der Waals surface area contributed by atoms with Crippen LogP contribution in [-0.4, -0.2) is 33.5 Å². The fourth-order valence-corrected chi connectivity index (χ4v) is 2.88. The highest BCUT2D eigenvalue weighted by atomic mass is 35.5. The van der Waals surface area contributed by atoms with E-state index in [2.05, 4.69) is 15.3 Å². The van der Waals surface area contributed by atoms with Crippen LogP contribution in [0.3, 0.4) is 0 Å². The highest BCUT2D eigenvalue weighted by Crippen LogP contribution is 2.50. The van der Waals surface area contributed by atoms with Gasteiger partial charge in [-0.15, -0.1) is 0 Å². The smallest absolute Gasteiger partial charge is 0.356 e. The molecule has 2 N–H and O–H groups in total. The van der Waals surface area contributed by atoms with E-state index >= 15 is 0 Å². The zero-order valence-electron chi connectivity index (χ0n) is 12.4. The number of benzene rings is 1. The SMILES string of the molecule is O=C(O)c1cnc(C(=O)NCC2(c3ccc(F)cc3Cl)CC2)cn1. The van der Waals surface area contributed by atoms with Gasteiger partial charge in [0.1, 0.15) is 11.5 Å². The Morgan fingerprint density at radius 1 is 1.25 bits per heavy atom. The summed E-state index contributed by atoms with van der Waals surface area (Å²) in [6, 6.07) is 4.24. The number of carboxylic acids is 1. The number of nitrogens with zero attached hydrogens (tertiary/aromatic N) is 2. The molecule has 0 saturated heterocycles. The molecule has 1 amide bonds. The molecular weight excluding hydrogens is 337 g/mol. The number of halogens is 2. The van der Waals surface area contributed by atoms with Crippen LogP contribution in [0.4, 0.5) is 4.39 Å². The first kappa shape index (κ1) is 16.3. The molecule has 3 rings (SSSR count). The molecule has 0 atom stereocenters. The number of rotatable bonds is 5. The first-order valence-electron chi connectivity index (χ1n) is 7.20. The molecule has 6 nitrogen and oxygen atoms in total. The van der Waals surface area contributed by atoms with Crippen molar-refractivity contribution in [2.24, 2.45) is 0 Å². The number of carbonyl (C=O) groups excluding carboxylic acids is 1. The lowest BCUT2D eigenvalue weighted by atomic mass is 9.95. The maximum Gasteiger partial charge on any atom is 0.356 e. The van der Waals surface area contributed by atoms with E-state index < -0.39 is 17.7 Å². The molecule has 1 saturated carbocycles. The first-order chi connectivity index (χ1) is 11.4. The summed E-state index contributed by atoms with van der Waals surface area (Å²) < 4.78 is 13.2. The third-order valence-electron chi connectivity index (χ3n) is 4.05. The van der Waals surface area contributed by atoms with Gasteiger partial charge in [0.15, 0.2) is 5.69 Å². The van der Waals surface area contributed by atoms with Crippen molar-refractivity contribution >= 4 is 23.5 Å². The van der Waals surface area contributed by atoms with E-state index in [-0.39, 0.29) is 16.8 Å². The summed E-state index contributed by atoms with van der Waals surface area (Å²) in [6.07, 6.45) is 3.81. The minimum Gasteiger partial charge on any atom is -0.476 e. The summed E-state index contributed by atoms with van der Waals surface area (Å²) in [4.78, 5) is 30.3. The molecule has 8 heteroatoms. The molecule has 0 spiro atoms.